The van der Waals surface area contributed by atoms with E-state index in [4.69, 9.17) is 4.42 Å². The van der Waals surface area contributed by atoms with E-state index in [0.29, 0.717) is 24.3 Å². The lowest BCUT2D eigenvalue weighted by molar-refractivity contribution is -0.138. The Labute approximate surface area is 121 Å². The van der Waals surface area contributed by atoms with Crippen LogP contribution in [0.15, 0.2) is 40.8 Å². The van der Waals surface area contributed by atoms with Crippen LogP contribution in [0.25, 0.3) is 0 Å². The number of furan rings is 1. The number of carbonyl (C=O) groups excluding carboxylic acids is 1. The number of carboxylic acid groups (broad SMARTS) is 1. The molecular formula is C16H15NO4. The summed E-state index contributed by atoms with van der Waals surface area (Å²) < 4.78 is 5.47. The van der Waals surface area contributed by atoms with Crippen LogP contribution in [-0.4, -0.2) is 23.0 Å². The van der Waals surface area contributed by atoms with E-state index in [1.165, 1.54) is 4.90 Å². The number of rotatable bonds is 3. The Bertz CT molecular complexity index is 704. The molecule has 0 aliphatic carbocycles. The molecular weight excluding hydrogens is 270 g/mol. The molecule has 1 aliphatic heterocycles. The fraction of sp³-hybridized carbons (Fsp3) is 0.250. The maximum Gasteiger partial charge on any atom is 0.327 e. The minimum atomic E-state index is -1.01. The Hall–Kier alpha value is -2.56. The van der Waals surface area contributed by atoms with Gasteiger partial charge in [0.25, 0.3) is 5.91 Å². The molecule has 2 heterocycles. The highest BCUT2D eigenvalue weighted by molar-refractivity contribution is 6.09. The van der Waals surface area contributed by atoms with Gasteiger partial charge in [0.05, 0.1) is 0 Å². The van der Waals surface area contributed by atoms with Crippen molar-refractivity contribution in [2.45, 2.75) is 25.8 Å². The van der Waals surface area contributed by atoms with Gasteiger partial charge >= 0.3 is 5.97 Å². The van der Waals surface area contributed by atoms with Crippen molar-refractivity contribution in [2.75, 3.05) is 4.90 Å². The van der Waals surface area contributed by atoms with Crippen molar-refractivity contribution in [3.8, 4) is 0 Å². The number of anilines is 1. The minimum absolute atomic E-state index is 0.176. The van der Waals surface area contributed by atoms with E-state index in [1.54, 1.807) is 24.3 Å². The number of amides is 1. The first-order valence-electron chi connectivity index (χ1n) is 6.84. The Balaban J connectivity index is 2.01. The van der Waals surface area contributed by atoms with Crippen molar-refractivity contribution in [3.63, 3.8) is 0 Å². The van der Waals surface area contributed by atoms with Gasteiger partial charge in [0, 0.05) is 18.5 Å². The smallest absolute Gasteiger partial charge is 0.327 e. The van der Waals surface area contributed by atoms with Crippen molar-refractivity contribution in [1.82, 2.24) is 0 Å². The predicted octanol–water partition coefficient (Wildman–Crippen LogP) is 2.50. The van der Waals surface area contributed by atoms with Gasteiger partial charge in [-0.05, 0) is 23.8 Å². The van der Waals surface area contributed by atoms with E-state index in [1.807, 2.05) is 19.1 Å². The molecule has 21 heavy (non-hydrogen) atoms. The number of fused-ring (bicyclic) bond motifs is 1. The van der Waals surface area contributed by atoms with Gasteiger partial charge in [-0.3, -0.25) is 9.69 Å². The quantitative estimate of drug-likeness (QED) is 0.940. The lowest BCUT2D eigenvalue weighted by Crippen LogP contribution is -2.42. The molecule has 1 atom stereocenters. The zero-order chi connectivity index (χ0) is 15.0. The van der Waals surface area contributed by atoms with Crippen LogP contribution >= 0.6 is 0 Å². The monoisotopic (exact) mass is 285 g/mol. The number of hydrogen-bond donors (Lipinski definition) is 1. The van der Waals surface area contributed by atoms with E-state index in [0.717, 1.165) is 5.56 Å². The number of carbonyl (C=O) groups is 2. The number of carboxylic acids is 1. The first-order chi connectivity index (χ1) is 10.1. The van der Waals surface area contributed by atoms with Crippen LogP contribution < -0.4 is 4.90 Å². The normalized spacial score (nSPS) is 16.8. The van der Waals surface area contributed by atoms with Gasteiger partial charge in [0.15, 0.2) is 5.76 Å². The number of aliphatic carboxylic acids is 1. The molecule has 0 saturated carbocycles. The molecule has 3 rings (SSSR count). The molecule has 0 bridgehead atoms. The minimum Gasteiger partial charge on any atom is -0.480 e. The van der Waals surface area contributed by atoms with Gasteiger partial charge < -0.3 is 9.52 Å². The molecule has 5 nitrogen and oxygen atoms in total. The number of aryl methyl sites for hydroxylation is 1. The van der Waals surface area contributed by atoms with Crippen LogP contribution in [0.4, 0.5) is 5.69 Å². The number of hydrogen-bond acceptors (Lipinski definition) is 3. The van der Waals surface area contributed by atoms with Crippen LogP contribution in [0, 0.1) is 0 Å². The average Bonchev–Trinajstić information content (AvgIpc) is 3.11. The molecule has 1 amide bonds. The molecule has 1 unspecified atom stereocenters. The topological polar surface area (TPSA) is 70.8 Å². The molecule has 0 saturated heterocycles. The van der Waals surface area contributed by atoms with Gasteiger partial charge in [0.2, 0.25) is 0 Å². The summed E-state index contributed by atoms with van der Waals surface area (Å²) in [6.45, 7) is 1.93. The summed E-state index contributed by atoms with van der Waals surface area (Å²) in [6.07, 6.45) is 1.00. The van der Waals surface area contributed by atoms with Crippen LogP contribution in [-0.2, 0) is 17.6 Å². The molecule has 2 aromatic rings. The Morgan fingerprint density at radius 2 is 2.05 bits per heavy atom. The average molecular weight is 285 g/mol. The number of benzene rings is 1. The third kappa shape index (κ3) is 2.20. The molecule has 1 N–H and O–H groups in total. The standard InChI is InChI=1S/C16H15NO4/c1-2-11-7-8-14(21-11)15(18)17-12-6-4-3-5-10(12)9-13(17)16(19)20/h3-8,13H,2,9H2,1H3,(H,19,20). The highest BCUT2D eigenvalue weighted by atomic mass is 16.4. The second kappa shape index (κ2) is 5.09. The summed E-state index contributed by atoms with van der Waals surface area (Å²) in [4.78, 5) is 25.4. The fourth-order valence-electron chi connectivity index (χ4n) is 2.64. The lowest BCUT2D eigenvalue weighted by Gasteiger charge is -2.21. The van der Waals surface area contributed by atoms with E-state index in [2.05, 4.69) is 0 Å². The Morgan fingerprint density at radius 3 is 2.71 bits per heavy atom. The molecule has 0 radical (unpaired) electrons. The number of para-hydroxylation sites is 1. The molecule has 5 heteroatoms. The molecule has 0 fully saturated rings. The van der Waals surface area contributed by atoms with Crippen molar-refractivity contribution >= 4 is 17.6 Å². The van der Waals surface area contributed by atoms with Gasteiger partial charge in [-0.25, -0.2) is 4.79 Å². The highest BCUT2D eigenvalue weighted by Crippen LogP contribution is 2.33. The van der Waals surface area contributed by atoms with Crippen LogP contribution in [0.3, 0.4) is 0 Å². The highest BCUT2D eigenvalue weighted by Gasteiger charge is 2.39. The fourth-order valence-corrected chi connectivity index (χ4v) is 2.64. The van der Waals surface area contributed by atoms with Crippen molar-refractivity contribution in [3.05, 3.63) is 53.5 Å². The largest absolute Gasteiger partial charge is 0.480 e. The predicted molar refractivity (Wildman–Crippen MR) is 76.5 cm³/mol. The van der Waals surface area contributed by atoms with Crippen LogP contribution in [0.2, 0.25) is 0 Å². The third-order valence-electron chi connectivity index (χ3n) is 3.70. The molecule has 108 valence electrons. The summed E-state index contributed by atoms with van der Waals surface area (Å²) in [5, 5.41) is 9.38. The van der Waals surface area contributed by atoms with Crippen LogP contribution in [0.5, 0.6) is 0 Å². The summed E-state index contributed by atoms with van der Waals surface area (Å²) >= 11 is 0. The van der Waals surface area contributed by atoms with Gasteiger partial charge in [-0.1, -0.05) is 25.1 Å². The second-order valence-corrected chi connectivity index (χ2v) is 4.98. The zero-order valence-corrected chi connectivity index (χ0v) is 11.6. The lowest BCUT2D eigenvalue weighted by atomic mass is 10.1. The van der Waals surface area contributed by atoms with Crippen molar-refractivity contribution in [2.24, 2.45) is 0 Å². The molecule has 0 spiro atoms. The summed E-state index contributed by atoms with van der Waals surface area (Å²) in [7, 11) is 0. The summed E-state index contributed by atoms with van der Waals surface area (Å²) in [6, 6.07) is 9.70. The van der Waals surface area contributed by atoms with Gasteiger partial charge in [-0.2, -0.15) is 0 Å². The SMILES string of the molecule is CCc1ccc(C(=O)N2c3ccccc3CC2C(=O)O)o1. The summed E-state index contributed by atoms with van der Waals surface area (Å²) in [5.74, 6) is -0.540. The van der Waals surface area contributed by atoms with Crippen molar-refractivity contribution in [1.29, 1.82) is 0 Å². The molecule has 1 aromatic carbocycles. The Kier molecular flexibility index (Phi) is 3.25. The molecule has 1 aromatic heterocycles. The Morgan fingerprint density at radius 1 is 1.29 bits per heavy atom. The second-order valence-electron chi connectivity index (χ2n) is 4.98. The van der Waals surface area contributed by atoms with E-state index >= 15 is 0 Å². The summed E-state index contributed by atoms with van der Waals surface area (Å²) in [5.41, 5.74) is 1.50. The van der Waals surface area contributed by atoms with E-state index in [9.17, 15) is 14.7 Å². The van der Waals surface area contributed by atoms with Gasteiger partial charge in [-0.15, -0.1) is 0 Å². The maximum absolute atomic E-state index is 12.6. The van der Waals surface area contributed by atoms with E-state index < -0.39 is 17.9 Å². The van der Waals surface area contributed by atoms with Gasteiger partial charge in [0.1, 0.15) is 11.8 Å². The molecule has 1 aliphatic rings. The first-order valence-corrected chi connectivity index (χ1v) is 6.84. The zero-order valence-electron chi connectivity index (χ0n) is 11.6. The van der Waals surface area contributed by atoms with E-state index in [-0.39, 0.29) is 5.76 Å². The first kappa shape index (κ1) is 13.4. The third-order valence-corrected chi connectivity index (χ3v) is 3.70. The maximum atomic E-state index is 12.6. The number of nitrogens with zero attached hydrogens (tertiary/aromatic N) is 1. The van der Waals surface area contributed by atoms with Crippen molar-refractivity contribution < 1.29 is 19.1 Å². The van der Waals surface area contributed by atoms with Crippen LogP contribution in [0.1, 0.15) is 28.8 Å².